The quantitative estimate of drug-likeness (QED) is 0.859. The van der Waals surface area contributed by atoms with Crippen LogP contribution in [0.2, 0.25) is 0 Å². The van der Waals surface area contributed by atoms with Gasteiger partial charge in [-0.25, -0.2) is 13.2 Å². The first-order valence-corrected chi connectivity index (χ1v) is 9.32. The Balaban J connectivity index is 2.67. The van der Waals surface area contributed by atoms with Gasteiger partial charge in [-0.2, -0.15) is 0 Å². The van der Waals surface area contributed by atoms with Gasteiger partial charge in [0.25, 0.3) is 0 Å². The second kappa shape index (κ2) is 7.21. The molecule has 0 bridgehead atoms. The molecule has 0 aliphatic heterocycles. The largest absolute Gasteiger partial charge is 0.444 e. The highest BCUT2D eigenvalue weighted by Gasteiger charge is 2.17. The molecule has 23 heavy (non-hydrogen) atoms. The van der Waals surface area contributed by atoms with Crippen molar-refractivity contribution in [3.05, 3.63) is 23.8 Å². The van der Waals surface area contributed by atoms with Gasteiger partial charge in [-0.1, -0.05) is 6.07 Å². The smallest absolute Gasteiger partial charge is 0.407 e. The van der Waals surface area contributed by atoms with Crippen LogP contribution in [-0.2, 0) is 14.6 Å². The molecule has 0 spiro atoms. The summed E-state index contributed by atoms with van der Waals surface area (Å²) < 4.78 is 28.4. The van der Waals surface area contributed by atoms with Crippen molar-refractivity contribution in [3.63, 3.8) is 0 Å². The summed E-state index contributed by atoms with van der Waals surface area (Å²) in [5.74, 6) is 0. The molecule has 1 unspecified atom stereocenters. The first-order chi connectivity index (χ1) is 10.4. The molecule has 0 aromatic heterocycles. The van der Waals surface area contributed by atoms with Gasteiger partial charge in [-0.15, -0.1) is 0 Å². The van der Waals surface area contributed by atoms with Crippen molar-refractivity contribution in [2.24, 2.45) is 0 Å². The summed E-state index contributed by atoms with van der Waals surface area (Å²) in [6.45, 7) is 9.54. The van der Waals surface area contributed by atoms with Crippen molar-refractivity contribution < 1.29 is 17.9 Å². The van der Waals surface area contributed by atoms with Crippen LogP contribution in [0.25, 0.3) is 0 Å². The molecule has 2 N–H and O–H groups in total. The normalized spacial score (nSPS) is 13.3. The first kappa shape index (κ1) is 19.3. The van der Waals surface area contributed by atoms with Crippen LogP contribution in [-0.4, -0.2) is 39.0 Å². The molecule has 0 saturated carbocycles. The van der Waals surface area contributed by atoms with E-state index in [1.165, 1.54) is 6.26 Å². The predicted octanol–water partition coefficient (Wildman–Crippen LogP) is 2.72. The Morgan fingerprint density at radius 1 is 1.30 bits per heavy atom. The lowest BCUT2D eigenvalue weighted by Crippen LogP contribution is -2.38. The number of hydrogen-bond donors (Lipinski definition) is 2. The molecular weight excluding hydrogens is 316 g/mol. The number of amides is 1. The molecule has 0 radical (unpaired) electrons. The van der Waals surface area contributed by atoms with Crippen LogP contribution in [0.1, 0.15) is 33.3 Å². The lowest BCUT2D eigenvalue weighted by molar-refractivity contribution is 0.0526. The monoisotopic (exact) mass is 342 g/mol. The van der Waals surface area contributed by atoms with Gasteiger partial charge in [0.05, 0.1) is 4.90 Å². The van der Waals surface area contributed by atoms with Crippen LogP contribution < -0.4 is 10.6 Å². The minimum absolute atomic E-state index is 0.0870. The number of anilines is 1. The predicted molar refractivity (Wildman–Crippen MR) is 91.6 cm³/mol. The van der Waals surface area contributed by atoms with Crippen molar-refractivity contribution in [1.29, 1.82) is 0 Å². The number of rotatable bonds is 5. The van der Waals surface area contributed by atoms with E-state index in [9.17, 15) is 13.2 Å². The fourth-order valence-corrected chi connectivity index (χ4v) is 2.50. The Bertz CT molecular complexity index is 663. The van der Waals surface area contributed by atoms with Gasteiger partial charge in [-0.3, -0.25) is 0 Å². The maximum atomic E-state index is 11.6. The summed E-state index contributed by atoms with van der Waals surface area (Å²) in [5, 5.41) is 5.89. The molecule has 0 saturated heterocycles. The molecule has 1 rings (SSSR count). The molecule has 130 valence electrons. The topological polar surface area (TPSA) is 84.5 Å². The second-order valence-corrected chi connectivity index (χ2v) is 8.69. The highest BCUT2D eigenvalue weighted by atomic mass is 32.2. The summed E-state index contributed by atoms with van der Waals surface area (Å²) in [7, 11) is -3.25. The molecule has 0 heterocycles. The zero-order chi connectivity index (χ0) is 17.8. The van der Waals surface area contributed by atoms with Crippen LogP contribution in [0.3, 0.4) is 0 Å². The molecule has 6 nitrogen and oxygen atoms in total. The highest BCUT2D eigenvalue weighted by molar-refractivity contribution is 7.90. The minimum Gasteiger partial charge on any atom is -0.444 e. The lowest BCUT2D eigenvalue weighted by Gasteiger charge is -2.22. The number of nitrogens with one attached hydrogen (secondary N) is 2. The van der Waals surface area contributed by atoms with Crippen molar-refractivity contribution in [2.45, 2.75) is 51.2 Å². The van der Waals surface area contributed by atoms with Crippen LogP contribution in [0.5, 0.6) is 0 Å². The molecule has 1 atom stereocenters. The third kappa shape index (κ3) is 6.90. The molecule has 0 aliphatic rings. The number of carbonyl (C=O) groups is 1. The third-order valence-corrected chi connectivity index (χ3v) is 4.10. The molecule has 7 heteroatoms. The summed E-state index contributed by atoms with van der Waals surface area (Å²) >= 11 is 0. The number of benzene rings is 1. The van der Waals surface area contributed by atoms with E-state index in [1.54, 1.807) is 39.0 Å². The van der Waals surface area contributed by atoms with Crippen LogP contribution >= 0.6 is 0 Å². The van der Waals surface area contributed by atoms with Gasteiger partial charge in [-0.05, 0) is 52.3 Å². The summed E-state index contributed by atoms with van der Waals surface area (Å²) in [5.41, 5.74) is 1.12. The molecule has 0 aliphatic carbocycles. The van der Waals surface area contributed by atoms with E-state index in [0.717, 1.165) is 11.3 Å². The maximum Gasteiger partial charge on any atom is 0.407 e. The minimum atomic E-state index is -3.25. The molecule has 1 aromatic carbocycles. The summed E-state index contributed by atoms with van der Waals surface area (Å²) in [6, 6.07) is 4.86. The van der Waals surface area contributed by atoms with Gasteiger partial charge in [0.1, 0.15) is 5.60 Å². The van der Waals surface area contributed by atoms with Gasteiger partial charge in [0.2, 0.25) is 0 Å². The summed E-state index contributed by atoms with van der Waals surface area (Å²) in [6.07, 6.45) is 0.697. The fraction of sp³-hybridized carbons (Fsp3) is 0.562. The first-order valence-electron chi connectivity index (χ1n) is 7.42. The average Bonchev–Trinajstić information content (AvgIpc) is 2.35. The zero-order valence-corrected chi connectivity index (χ0v) is 15.4. The SMILES string of the molecule is Cc1ccc(S(C)(=O)=O)cc1NC(C)CNC(=O)OC(C)(C)C. The zero-order valence-electron chi connectivity index (χ0n) is 14.6. The van der Waals surface area contributed by atoms with Crippen LogP contribution in [0.15, 0.2) is 23.1 Å². The fourth-order valence-electron chi connectivity index (χ4n) is 1.85. The van der Waals surface area contributed by atoms with Crippen LogP contribution in [0.4, 0.5) is 10.5 Å². The van der Waals surface area contributed by atoms with E-state index in [-0.39, 0.29) is 10.9 Å². The Morgan fingerprint density at radius 2 is 1.91 bits per heavy atom. The number of hydrogen-bond acceptors (Lipinski definition) is 5. The van der Waals surface area contributed by atoms with E-state index in [2.05, 4.69) is 10.6 Å². The third-order valence-electron chi connectivity index (χ3n) is 2.99. The van der Waals surface area contributed by atoms with E-state index in [0.29, 0.717) is 6.54 Å². The van der Waals surface area contributed by atoms with Gasteiger partial charge >= 0.3 is 6.09 Å². The number of alkyl carbamates (subject to hydrolysis) is 1. The number of ether oxygens (including phenoxy) is 1. The van der Waals surface area contributed by atoms with E-state index < -0.39 is 21.5 Å². The standard InChI is InChI=1S/C16H26N2O4S/c1-11-7-8-13(23(6,20)21)9-14(11)18-12(2)10-17-15(19)22-16(3,4)5/h7-9,12,18H,10H2,1-6H3,(H,17,19). The van der Waals surface area contributed by atoms with Gasteiger partial charge < -0.3 is 15.4 Å². The van der Waals surface area contributed by atoms with Crippen LogP contribution in [0, 0.1) is 6.92 Å². The maximum absolute atomic E-state index is 11.6. The van der Waals surface area contributed by atoms with E-state index in [1.807, 2.05) is 13.8 Å². The Hall–Kier alpha value is -1.76. The van der Waals surface area contributed by atoms with Crippen molar-refractivity contribution in [3.8, 4) is 0 Å². The van der Waals surface area contributed by atoms with E-state index >= 15 is 0 Å². The Morgan fingerprint density at radius 3 is 2.43 bits per heavy atom. The van der Waals surface area contributed by atoms with Gasteiger partial charge in [0, 0.05) is 24.5 Å². The Labute approximate surface area is 138 Å². The second-order valence-electron chi connectivity index (χ2n) is 6.68. The molecule has 0 fully saturated rings. The van der Waals surface area contributed by atoms with Crippen molar-refractivity contribution in [1.82, 2.24) is 5.32 Å². The number of sulfone groups is 1. The Kier molecular flexibility index (Phi) is 6.04. The molecule has 1 aromatic rings. The number of carbonyl (C=O) groups excluding carboxylic acids is 1. The van der Waals surface area contributed by atoms with E-state index in [4.69, 9.17) is 4.74 Å². The lowest BCUT2D eigenvalue weighted by atomic mass is 10.2. The van der Waals surface area contributed by atoms with Crippen molar-refractivity contribution in [2.75, 3.05) is 18.1 Å². The average molecular weight is 342 g/mol. The molecule has 1 amide bonds. The highest BCUT2D eigenvalue weighted by Crippen LogP contribution is 2.20. The van der Waals surface area contributed by atoms with Crippen molar-refractivity contribution >= 4 is 21.6 Å². The number of aryl methyl sites for hydroxylation is 1. The van der Waals surface area contributed by atoms with Gasteiger partial charge in [0.15, 0.2) is 9.84 Å². The summed E-state index contributed by atoms with van der Waals surface area (Å²) in [4.78, 5) is 11.9. The molecular formula is C16H26N2O4S.